The summed E-state index contributed by atoms with van der Waals surface area (Å²) in [5.74, 6) is 0.546. The van der Waals surface area contributed by atoms with Gasteiger partial charge in [-0.3, -0.25) is 4.79 Å². The first kappa shape index (κ1) is 21.2. The third-order valence-corrected chi connectivity index (χ3v) is 6.56. The molecule has 1 amide bonds. The molecule has 146 valence electrons. The zero-order chi connectivity index (χ0) is 17.9. The van der Waals surface area contributed by atoms with Crippen LogP contribution in [0.5, 0.6) is 0 Å². The fourth-order valence-electron chi connectivity index (χ4n) is 3.18. The molecule has 26 heavy (non-hydrogen) atoms. The van der Waals surface area contributed by atoms with Gasteiger partial charge in [0.1, 0.15) is 0 Å². The molecule has 1 saturated carbocycles. The molecule has 8 heteroatoms. The van der Waals surface area contributed by atoms with Gasteiger partial charge in [-0.1, -0.05) is 6.07 Å². The molecular weight excluding hydrogens is 374 g/mol. The van der Waals surface area contributed by atoms with Crippen molar-refractivity contribution in [1.29, 1.82) is 0 Å². The van der Waals surface area contributed by atoms with E-state index in [4.69, 9.17) is 0 Å². The molecular formula is C18H28ClN3O3S. The van der Waals surface area contributed by atoms with Crippen molar-refractivity contribution in [3.05, 3.63) is 23.8 Å². The van der Waals surface area contributed by atoms with E-state index in [9.17, 15) is 13.2 Å². The number of piperidine rings is 1. The van der Waals surface area contributed by atoms with Crippen LogP contribution in [0.4, 0.5) is 5.69 Å². The lowest BCUT2D eigenvalue weighted by atomic mass is 9.93. The largest absolute Gasteiger partial charge is 0.326 e. The molecule has 1 aromatic carbocycles. The number of benzene rings is 1. The van der Waals surface area contributed by atoms with Crippen LogP contribution in [-0.2, 0) is 14.8 Å². The maximum atomic E-state index is 12.4. The van der Waals surface area contributed by atoms with E-state index >= 15 is 0 Å². The van der Waals surface area contributed by atoms with E-state index in [-0.39, 0.29) is 29.3 Å². The second kappa shape index (κ2) is 9.17. The Balaban J connectivity index is 0.00000243. The summed E-state index contributed by atoms with van der Waals surface area (Å²) in [5, 5.41) is 6.17. The minimum Gasteiger partial charge on any atom is -0.326 e. The Labute approximate surface area is 162 Å². The summed E-state index contributed by atoms with van der Waals surface area (Å²) in [7, 11) is -3.52. The number of nitrogens with one attached hydrogen (secondary N) is 3. The van der Waals surface area contributed by atoms with Gasteiger partial charge in [-0.15, -0.1) is 12.4 Å². The van der Waals surface area contributed by atoms with E-state index in [0.29, 0.717) is 23.6 Å². The fourth-order valence-corrected chi connectivity index (χ4v) is 4.76. The second-order valence-electron chi connectivity index (χ2n) is 7.16. The van der Waals surface area contributed by atoms with Gasteiger partial charge in [0.25, 0.3) is 0 Å². The molecule has 1 saturated heterocycles. The van der Waals surface area contributed by atoms with Crippen LogP contribution in [0.15, 0.2) is 23.1 Å². The number of carbonyl (C=O) groups is 1. The van der Waals surface area contributed by atoms with E-state index in [1.165, 1.54) is 0 Å². The van der Waals surface area contributed by atoms with Crippen molar-refractivity contribution < 1.29 is 13.2 Å². The SMILES string of the molecule is Cc1ccc(NC(=O)CCC2CCNCC2)cc1S(=O)(=O)NC1CC1.Cl. The molecule has 3 rings (SSSR count). The van der Waals surface area contributed by atoms with E-state index in [2.05, 4.69) is 15.4 Å². The Bertz CT molecular complexity index is 729. The number of hydrogen-bond acceptors (Lipinski definition) is 4. The lowest BCUT2D eigenvalue weighted by Gasteiger charge is -2.22. The number of sulfonamides is 1. The number of anilines is 1. The number of amides is 1. The van der Waals surface area contributed by atoms with Gasteiger partial charge < -0.3 is 10.6 Å². The lowest BCUT2D eigenvalue weighted by molar-refractivity contribution is -0.116. The van der Waals surface area contributed by atoms with Crippen molar-refractivity contribution in [3.8, 4) is 0 Å². The highest BCUT2D eigenvalue weighted by molar-refractivity contribution is 7.89. The van der Waals surface area contributed by atoms with Crippen molar-refractivity contribution in [2.24, 2.45) is 5.92 Å². The highest BCUT2D eigenvalue weighted by Crippen LogP contribution is 2.25. The first-order valence-corrected chi connectivity index (χ1v) is 10.6. The van der Waals surface area contributed by atoms with Gasteiger partial charge in [0, 0.05) is 18.2 Å². The predicted octanol–water partition coefficient (Wildman–Crippen LogP) is 2.58. The molecule has 3 N–H and O–H groups in total. The molecule has 0 atom stereocenters. The number of rotatable bonds is 7. The summed E-state index contributed by atoms with van der Waals surface area (Å²) in [5.41, 5.74) is 1.22. The third-order valence-electron chi connectivity index (χ3n) is 4.90. The Morgan fingerprint density at radius 1 is 1.19 bits per heavy atom. The molecule has 1 aliphatic heterocycles. The summed E-state index contributed by atoms with van der Waals surface area (Å²) < 4.78 is 27.6. The van der Waals surface area contributed by atoms with Gasteiger partial charge in [-0.25, -0.2) is 13.1 Å². The van der Waals surface area contributed by atoms with E-state index in [1.54, 1.807) is 25.1 Å². The van der Waals surface area contributed by atoms with Crippen molar-refractivity contribution in [2.75, 3.05) is 18.4 Å². The summed E-state index contributed by atoms with van der Waals surface area (Å²) in [6.07, 6.45) is 5.38. The molecule has 0 radical (unpaired) electrons. The standard InChI is InChI=1S/C18H27N3O3S.ClH/c1-13-2-4-16(12-17(13)25(23,24)21-15-5-6-15)20-18(22)7-3-14-8-10-19-11-9-14;/h2,4,12,14-15,19,21H,3,5-11H2,1H3,(H,20,22);1H. The van der Waals surface area contributed by atoms with E-state index in [0.717, 1.165) is 45.2 Å². The van der Waals surface area contributed by atoms with Crippen molar-refractivity contribution >= 4 is 34.0 Å². The molecule has 2 aliphatic rings. The highest BCUT2D eigenvalue weighted by Gasteiger charge is 2.29. The van der Waals surface area contributed by atoms with Crippen LogP contribution in [0.2, 0.25) is 0 Å². The van der Waals surface area contributed by atoms with Crippen LogP contribution in [0, 0.1) is 12.8 Å². The van der Waals surface area contributed by atoms with E-state index in [1.807, 2.05) is 0 Å². The average molecular weight is 402 g/mol. The number of hydrogen-bond donors (Lipinski definition) is 3. The van der Waals surface area contributed by atoms with Crippen molar-refractivity contribution in [1.82, 2.24) is 10.0 Å². The first-order valence-electron chi connectivity index (χ1n) is 9.07. The van der Waals surface area contributed by atoms with Gasteiger partial charge in [0.15, 0.2) is 0 Å². The predicted molar refractivity (Wildman–Crippen MR) is 105 cm³/mol. The summed E-state index contributed by atoms with van der Waals surface area (Å²) in [6.45, 7) is 3.82. The van der Waals surface area contributed by atoms with Gasteiger partial charge in [0.05, 0.1) is 4.90 Å². The fraction of sp³-hybridized carbons (Fsp3) is 0.611. The molecule has 6 nitrogen and oxygen atoms in total. The molecule has 0 bridgehead atoms. The summed E-state index contributed by atoms with van der Waals surface area (Å²) in [6, 6.07) is 5.12. The Morgan fingerprint density at radius 2 is 1.88 bits per heavy atom. The summed E-state index contributed by atoms with van der Waals surface area (Å²) >= 11 is 0. The lowest BCUT2D eigenvalue weighted by Crippen LogP contribution is -2.28. The van der Waals surface area contributed by atoms with Crippen LogP contribution in [0.25, 0.3) is 0 Å². The first-order chi connectivity index (χ1) is 11.9. The monoisotopic (exact) mass is 401 g/mol. The molecule has 2 fully saturated rings. The van der Waals surface area contributed by atoms with Crippen molar-refractivity contribution in [2.45, 2.75) is 56.4 Å². The van der Waals surface area contributed by atoms with E-state index < -0.39 is 10.0 Å². The van der Waals surface area contributed by atoms with Crippen LogP contribution in [0.1, 0.15) is 44.1 Å². The topological polar surface area (TPSA) is 87.3 Å². The molecule has 0 unspecified atom stereocenters. The average Bonchev–Trinajstić information content (AvgIpc) is 3.39. The molecule has 1 aromatic rings. The molecule has 0 spiro atoms. The Kier molecular flexibility index (Phi) is 7.46. The maximum absolute atomic E-state index is 12.4. The second-order valence-corrected chi connectivity index (χ2v) is 8.84. The smallest absolute Gasteiger partial charge is 0.241 e. The van der Waals surface area contributed by atoms with Crippen LogP contribution in [-0.4, -0.2) is 33.5 Å². The number of halogens is 1. The normalized spacial score (nSPS) is 18.2. The van der Waals surface area contributed by atoms with Gasteiger partial charge in [-0.05, 0) is 75.7 Å². The quantitative estimate of drug-likeness (QED) is 0.655. The van der Waals surface area contributed by atoms with Crippen LogP contribution < -0.4 is 15.4 Å². The maximum Gasteiger partial charge on any atom is 0.241 e. The summed E-state index contributed by atoms with van der Waals surface area (Å²) in [4.78, 5) is 12.4. The van der Waals surface area contributed by atoms with Crippen molar-refractivity contribution in [3.63, 3.8) is 0 Å². The number of aryl methyl sites for hydroxylation is 1. The molecule has 1 aliphatic carbocycles. The molecule has 1 heterocycles. The zero-order valence-corrected chi connectivity index (χ0v) is 16.7. The number of carbonyl (C=O) groups excluding carboxylic acids is 1. The minimum absolute atomic E-state index is 0. The third kappa shape index (κ3) is 5.94. The van der Waals surface area contributed by atoms with Gasteiger partial charge in [0.2, 0.25) is 15.9 Å². The van der Waals surface area contributed by atoms with Gasteiger partial charge >= 0.3 is 0 Å². The minimum atomic E-state index is -3.52. The van der Waals surface area contributed by atoms with Gasteiger partial charge in [-0.2, -0.15) is 0 Å². The van der Waals surface area contributed by atoms with Crippen LogP contribution >= 0.6 is 12.4 Å². The highest BCUT2D eigenvalue weighted by atomic mass is 35.5. The van der Waals surface area contributed by atoms with Crippen LogP contribution in [0.3, 0.4) is 0 Å². The Morgan fingerprint density at radius 3 is 2.54 bits per heavy atom. The molecule has 0 aromatic heterocycles. The zero-order valence-electron chi connectivity index (χ0n) is 15.1. The Hall–Kier alpha value is -1.15.